The Morgan fingerprint density at radius 2 is 1.08 bits per heavy atom. The molecule has 0 unspecified atom stereocenters. The molecule has 0 aromatic rings. The molecule has 4 atom stereocenters. The van der Waals surface area contributed by atoms with Crippen molar-refractivity contribution in [1.29, 1.82) is 0 Å². The summed E-state index contributed by atoms with van der Waals surface area (Å²) in [7, 11) is 0. The van der Waals surface area contributed by atoms with Gasteiger partial charge in [-0.1, -0.05) is 13.8 Å². The molecule has 0 amide bonds. The number of hydrogen-bond donors (Lipinski definition) is 0. The lowest BCUT2D eigenvalue weighted by molar-refractivity contribution is -0.560. The van der Waals surface area contributed by atoms with Crippen LogP contribution >= 0.6 is 0 Å². The van der Waals surface area contributed by atoms with Gasteiger partial charge in [-0.25, -0.2) is 0 Å². The third-order valence-electron chi connectivity index (χ3n) is 7.38. The summed E-state index contributed by atoms with van der Waals surface area (Å²) in [5, 5.41) is 0. The molecular weight excluding hydrogens is 144 g/mol. The van der Waals surface area contributed by atoms with Gasteiger partial charge >= 0.3 is 0 Å². The zero-order chi connectivity index (χ0) is 7.88. The van der Waals surface area contributed by atoms with Gasteiger partial charge in [0, 0.05) is 0 Å². The van der Waals surface area contributed by atoms with E-state index in [2.05, 4.69) is 13.8 Å². The van der Waals surface area contributed by atoms with Crippen LogP contribution in [0.1, 0.15) is 26.7 Å². The Kier molecular flexibility index (Phi) is 0.508. The highest BCUT2D eigenvalue weighted by molar-refractivity contribution is 5.44. The van der Waals surface area contributed by atoms with Crippen LogP contribution in [0.15, 0.2) is 0 Å². The third kappa shape index (κ3) is 0.211. The van der Waals surface area contributed by atoms with Crippen molar-refractivity contribution in [3.8, 4) is 0 Å². The lowest BCUT2D eigenvalue weighted by Gasteiger charge is -3.03. The minimum absolute atomic E-state index is 0.879. The van der Waals surface area contributed by atoms with E-state index in [9.17, 15) is 0 Å². The second kappa shape index (κ2) is 1.07. The van der Waals surface area contributed by atoms with E-state index in [1.165, 1.54) is 35.5 Å². The summed E-state index contributed by atoms with van der Waals surface area (Å²) in [4.78, 5) is 0. The predicted molar refractivity (Wildman–Crippen MR) is 46.4 cm³/mol. The largest absolute Gasteiger partial charge is 0.0585 e. The van der Waals surface area contributed by atoms with Crippen LogP contribution in [0.2, 0.25) is 0 Å². The van der Waals surface area contributed by atoms with Crippen LogP contribution in [0.25, 0.3) is 0 Å². The van der Waals surface area contributed by atoms with Crippen molar-refractivity contribution in [3.05, 3.63) is 0 Å². The molecule has 2 bridgehead atoms. The van der Waals surface area contributed by atoms with E-state index < -0.39 is 0 Å². The average molecular weight is 160 g/mol. The molecule has 64 valence electrons. The summed E-state index contributed by atoms with van der Waals surface area (Å²) in [6.07, 6.45) is 3.22. The summed E-state index contributed by atoms with van der Waals surface area (Å²) >= 11 is 0. The fraction of sp³-hybridized carbons (Fsp3) is 1.00. The minimum atomic E-state index is 0.879. The van der Waals surface area contributed by atoms with Gasteiger partial charge in [-0.3, -0.25) is 0 Å². The van der Waals surface area contributed by atoms with Crippen molar-refractivity contribution in [2.75, 3.05) is 0 Å². The Hall–Kier alpha value is 0. The zero-order valence-electron chi connectivity index (χ0n) is 7.88. The van der Waals surface area contributed by atoms with Crippen LogP contribution in [-0.4, -0.2) is 0 Å². The third-order valence-corrected chi connectivity index (χ3v) is 7.38. The first-order valence-corrected chi connectivity index (χ1v) is 5.72. The molecule has 0 spiro atoms. The highest BCUT2D eigenvalue weighted by Crippen LogP contribution is 3.02. The standard InChI is InChI=1S/C12H16/c1-11-7-5-3-4-6-9(7)12(11,2)10(6)8(5)11/h5-10H,3-4H2,1-2H3/t5?,6?,7-,8-,9-,10-,11?,12?/m1/s1. The molecule has 6 aliphatic carbocycles. The van der Waals surface area contributed by atoms with Crippen molar-refractivity contribution in [1.82, 2.24) is 0 Å². The second-order valence-electron chi connectivity index (χ2n) is 6.57. The maximum absolute atomic E-state index is 2.60. The van der Waals surface area contributed by atoms with E-state index >= 15 is 0 Å². The molecule has 6 saturated carbocycles. The van der Waals surface area contributed by atoms with E-state index in [0.29, 0.717) is 0 Å². The molecule has 0 aromatic carbocycles. The first-order chi connectivity index (χ1) is 5.72. The monoisotopic (exact) mass is 160 g/mol. The first kappa shape index (κ1) is 5.67. The van der Waals surface area contributed by atoms with Crippen LogP contribution in [0.3, 0.4) is 0 Å². The van der Waals surface area contributed by atoms with Gasteiger partial charge in [0.15, 0.2) is 0 Å². The normalized spacial score (nSPS) is 90.5. The maximum Gasteiger partial charge on any atom is -0.0198 e. The molecule has 0 radical (unpaired) electrons. The number of fused-ring (bicyclic) bond motifs is 1. The zero-order valence-corrected chi connectivity index (χ0v) is 7.88. The molecular formula is C12H16. The van der Waals surface area contributed by atoms with E-state index in [-0.39, 0.29) is 0 Å². The van der Waals surface area contributed by atoms with Gasteiger partial charge in [0.2, 0.25) is 0 Å². The summed E-state index contributed by atoms with van der Waals surface area (Å²) < 4.78 is 0. The topological polar surface area (TPSA) is 0 Å². The molecule has 6 fully saturated rings. The van der Waals surface area contributed by atoms with Crippen LogP contribution in [-0.2, 0) is 0 Å². The van der Waals surface area contributed by atoms with Gasteiger partial charge in [-0.15, -0.1) is 0 Å². The Morgan fingerprint density at radius 1 is 0.750 bits per heavy atom. The molecule has 12 heavy (non-hydrogen) atoms. The van der Waals surface area contributed by atoms with Crippen LogP contribution in [0, 0.1) is 46.3 Å². The van der Waals surface area contributed by atoms with Crippen LogP contribution in [0.5, 0.6) is 0 Å². The summed E-state index contributed by atoms with van der Waals surface area (Å²) in [5.41, 5.74) is 1.76. The fourth-order valence-electron chi connectivity index (χ4n) is 7.34. The highest BCUT2D eigenvalue weighted by atomic mass is 15.0. The Balaban J connectivity index is 1.80. The first-order valence-electron chi connectivity index (χ1n) is 5.72. The highest BCUT2D eigenvalue weighted by Gasteiger charge is 2.98. The van der Waals surface area contributed by atoms with Gasteiger partial charge in [0.1, 0.15) is 0 Å². The van der Waals surface area contributed by atoms with Crippen molar-refractivity contribution in [2.24, 2.45) is 46.3 Å². The van der Waals surface area contributed by atoms with Gasteiger partial charge in [0.25, 0.3) is 0 Å². The fourth-order valence-corrected chi connectivity index (χ4v) is 7.34. The summed E-state index contributed by atoms with van der Waals surface area (Å²) in [5.74, 6) is 7.31. The van der Waals surface area contributed by atoms with Gasteiger partial charge in [0.05, 0.1) is 0 Å². The molecule has 0 aliphatic heterocycles. The Bertz CT molecular complexity index is 264. The molecule has 0 nitrogen and oxygen atoms in total. The van der Waals surface area contributed by atoms with E-state index in [4.69, 9.17) is 0 Å². The molecule has 0 N–H and O–H groups in total. The Labute approximate surface area is 73.7 Å². The van der Waals surface area contributed by atoms with E-state index in [1.54, 1.807) is 12.8 Å². The van der Waals surface area contributed by atoms with Gasteiger partial charge in [-0.05, 0) is 59.2 Å². The van der Waals surface area contributed by atoms with Crippen LogP contribution < -0.4 is 0 Å². The van der Waals surface area contributed by atoms with Crippen molar-refractivity contribution in [2.45, 2.75) is 26.7 Å². The lowest BCUT2D eigenvalue weighted by atomic mass is 9.01. The Morgan fingerprint density at radius 3 is 1.42 bits per heavy atom. The van der Waals surface area contributed by atoms with Gasteiger partial charge < -0.3 is 0 Å². The number of hydrogen-bond acceptors (Lipinski definition) is 0. The quantitative estimate of drug-likeness (QED) is 0.511. The molecule has 0 saturated heterocycles. The van der Waals surface area contributed by atoms with Crippen molar-refractivity contribution < 1.29 is 0 Å². The maximum atomic E-state index is 2.60. The SMILES string of the molecule is CC12[C@@H]3C4CCC5[C@H]3C1(C)[C@H]5[C@@H]42. The lowest BCUT2D eigenvalue weighted by Crippen LogP contribution is -2.99. The van der Waals surface area contributed by atoms with Crippen molar-refractivity contribution in [3.63, 3.8) is 0 Å². The van der Waals surface area contributed by atoms with E-state index in [0.717, 1.165) is 10.8 Å². The van der Waals surface area contributed by atoms with E-state index in [1.807, 2.05) is 0 Å². The predicted octanol–water partition coefficient (Wildman–Crippen LogP) is 2.54. The second-order valence-corrected chi connectivity index (χ2v) is 6.57. The molecule has 6 aliphatic rings. The van der Waals surface area contributed by atoms with Gasteiger partial charge in [-0.2, -0.15) is 0 Å². The number of rotatable bonds is 0. The smallest absolute Gasteiger partial charge is 0.0198 e. The molecule has 0 heterocycles. The van der Waals surface area contributed by atoms with Crippen LogP contribution in [0.4, 0.5) is 0 Å². The average Bonchev–Trinajstić information content (AvgIpc) is 2.14. The molecule has 6 rings (SSSR count). The van der Waals surface area contributed by atoms with Crippen molar-refractivity contribution >= 4 is 0 Å². The molecule has 0 heteroatoms. The summed E-state index contributed by atoms with van der Waals surface area (Å²) in [6, 6.07) is 0. The summed E-state index contributed by atoms with van der Waals surface area (Å²) in [6.45, 7) is 5.21. The minimum Gasteiger partial charge on any atom is -0.0585 e. The molecule has 0 aromatic heterocycles.